The third kappa shape index (κ3) is 4.78. The molecule has 0 unspecified atom stereocenters. The average molecular weight is 431 g/mol. The first kappa shape index (κ1) is 21.5. The van der Waals surface area contributed by atoms with Crippen molar-refractivity contribution < 1.29 is 9.76 Å². The van der Waals surface area contributed by atoms with Crippen LogP contribution in [0.25, 0.3) is 0 Å². The summed E-state index contributed by atoms with van der Waals surface area (Å²) in [6, 6.07) is 26.3. The molecule has 0 amide bonds. The number of anilines is 1. The molecule has 0 N–H and O–H groups in total. The Bertz CT molecular complexity index is 1030. The van der Waals surface area contributed by atoms with Crippen molar-refractivity contribution >= 4 is 17.6 Å². The third-order valence-electron chi connectivity index (χ3n) is 5.75. The lowest BCUT2D eigenvalue weighted by molar-refractivity contribution is -0.384. The summed E-state index contributed by atoms with van der Waals surface area (Å²) in [5.41, 5.74) is 3.86. The molecule has 0 bridgehead atoms. The molecule has 7 heteroatoms. The van der Waals surface area contributed by atoms with Crippen molar-refractivity contribution in [3.05, 3.63) is 106 Å². The minimum atomic E-state index is -0.331. The molecule has 0 aliphatic carbocycles. The summed E-state index contributed by atoms with van der Waals surface area (Å²) in [7, 11) is 1.44. The molecule has 1 fully saturated rings. The average Bonchev–Trinajstić information content (AvgIpc) is 2.84. The Balaban J connectivity index is 1.55. The van der Waals surface area contributed by atoms with E-state index in [1.165, 1.54) is 24.5 Å². The van der Waals surface area contributed by atoms with Crippen molar-refractivity contribution in [1.29, 1.82) is 0 Å². The van der Waals surface area contributed by atoms with Crippen LogP contribution in [-0.2, 0) is 4.84 Å². The summed E-state index contributed by atoms with van der Waals surface area (Å²) in [5, 5.41) is 15.4. The Kier molecular flexibility index (Phi) is 6.77. The van der Waals surface area contributed by atoms with Crippen molar-refractivity contribution in [2.45, 2.75) is 6.04 Å². The summed E-state index contributed by atoms with van der Waals surface area (Å²) < 4.78 is 0. The van der Waals surface area contributed by atoms with E-state index in [9.17, 15) is 10.1 Å². The smallest absolute Gasteiger partial charge is 0.293 e. The van der Waals surface area contributed by atoms with Crippen LogP contribution in [0.4, 0.5) is 11.4 Å². The van der Waals surface area contributed by atoms with Gasteiger partial charge in [-0.1, -0.05) is 71.9 Å². The van der Waals surface area contributed by atoms with E-state index in [4.69, 9.17) is 0 Å². The second-order valence-corrected chi connectivity index (χ2v) is 7.67. The maximum Gasteiger partial charge on any atom is 0.293 e. The molecule has 3 aromatic carbocycles. The highest BCUT2D eigenvalue weighted by Gasteiger charge is 2.29. The van der Waals surface area contributed by atoms with Gasteiger partial charge in [0.2, 0.25) is 0 Å². The van der Waals surface area contributed by atoms with Crippen LogP contribution in [-0.4, -0.2) is 49.3 Å². The van der Waals surface area contributed by atoms with Gasteiger partial charge in [-0.2, -0.15) is 0 Å². The summed E-state index contributed by atoms with van der Waals surface area (Å²) >= 11 is 0. The largest absolute Gasteiger partial charge is 0.399 e. The Morgan fingerprint density at radius 2 is 1.53 bits per heavy atom. The van der Waals surface area contributed by atoms with Gasteiger partial charge in [0.05, 0.1) is 17.2 Å². The van der Waals surface area contributed by atoms with Crippen molar-refractivity contribution in [2.75, 3.05) is 38.2 Å². The normalized spacial score (nSPS) is 14.8. The fraction of sp³-hybridized carbons (Fsp3) is 0.240. The maximum absolute atomic E-state index is 11.7. The molecule has 1 saturated heterocycles. The van der Waals surface area contributed by atoms with Crippen molar-refractivity contribution in [3.8, 4) is 0 Å². The predicted octanol–water partition coefficient (Wildman–Crippen LogP) is 4.49. The molecule has 32 heavy (non-hydrogen) atoms. The third-order valence-corrected chi connectivity index (χ3v) is 5.75. The quantitative estimate of drug-likeness (QED) is 0.314. The number of benzene rings is 3. The van der Waals surface area contributed by atoms with Crippen LogP contribution in [0.3, 0.4) is 0 Å². The maximum atomic E-state index is 11.7. The number of hydrogen-bond acceptors (Lipinski definition) is 6. The van der Waals surface area contributed by atoms with Crippen LogP contribution >= 0.6 is 0 Å². The highest BCUT2D eigenvalue weighted by atomic mass is 16.6. The number of rotatable bonds is 7. The Morgan fingerprint density at radius 3 is 2.06 bits per heavy atom. The van der Waals surface area contributed by atoms with Crippen LogP contribution in [0.5, 0.6) is 0 Å². The van der Waals surface area contributed by atoms with Gasteiger partial charge >= 0.3 is 0 Å². The molecule has 1 heterocycles. The Hall–Kier alpha value is -3.71. The van der Waals surface area contributed by atoms with E-state index >= 15 is 0 Å². The fourth-order valence-corrected chi connectivity index (χ4v) is 4.25. The summed E-state index contributed by atoms with van der Waals surface area (Å²) in [4.78, 5) is 20.6. The molecule has 0 spiro atoms. The molecule has 4 rings (SSSR count). The van der Waals surface area contributed by atoms with E-state index in [1.807, 2.05) is 18.2 Å². The number of nitrogens with zero attached hydrogens (tertiary/aromatic N) is 4. The first-order chi connectivity index (χ1) is 15.7. The van der Waals surface area contributed by atoms with Gasteiger partial charge in [0.15, 0.2) is 0 Å². The molecule has 1 aliphatic rings. The van der Waals surface area contributed by atoms with Gasteiger partial charge in [0, 0.05) is 37.8 Å². The number of nitro groups is 1. The lowest BCUT2D eigenvalue weighted by atomic mass is 9.96. The standard InChI is InChI=1S/C25H26N4O3/c1-32-26-19-20-12-13-23(24(18-20)29(30)31)27-14-16-28(17-15-27)25(21-8-4-2-5-9-21)22-10-6-3-7-11-22/h2-13,18-19,25H,14-17H2,1H3. The first-order valence-electron chi connectivity index (χ1n) is 10.6. The highest BCUT2D eigenvalue weighted by Crippen LogP contribution is 2.33. The minimum Gasteiger partial charge on any atom is -0.399 e. The molecule has 0 atom stereocenters. The second-order valence-electron chi connectivity index (χ2n) is 7.67. The van der Waals surface area contributed by atoms with Gasteiger partial charge in [-0.25, -0.2) is 0 Å². The molecular weight excluding hydrogens is 404 g/mol. The number of oxime groups is 1. The van der Waals surface area contributed by atoms with Crippen LogP contribution < -0.4 is 4.90 Å². The van der Waals surface area contributed by atoms with E-state index in [1.54, 1.807) is 12.1 Å². The van der Waals surface area contributed by atoms with E-state index in [0.717, 1.165) is 13.1 Å². The van der Waals surface area contributed by atoms with E-state index < -0.39 is 0 Å². The summed E-state index contributed by atoms with van der Waals surface area (Å²) in [5.74, 6) is 0. The summed E-state index contributed by atoms with van der Waals surface area (Å²) in [6.45, 7) is 3.03. The van der Waals surface area contributed by atoms with E-state index in [2.05, 4.69) is 68.3 Å². The SMILES string of the molecule is CON=Cc1ccc(N2CCN(C(c3ccccc3)c3ccccc3)CC2)c([N+](=O)[O-])c1. The van der Waals surface area contributed by atoms with Crippen molar-refractivity contribution in [2.24, 2.45) is 5.16 Å². The first-order valence-corrected chi connectivity index (χ1v) is 10.6. The van der Waals surface area contributed by atoms with Crippen molar-refractivity contribution in [1.82, 2.24) is 4.90 Å². The topological polar surface area (TPSA) is 71.2 Å². The molecular formula is C25H26N4O3. The Morgan fingerprint density at radius 1 is 0.938 bits per heavy atom. The molecule has 0 radical (unpaired) electrons. The van der Waals surface area contributed by atoms with Gasteiger partial charge in [0.1, 0.15) is 12.8 Å². The Labute approximate surface area is 187 Å². The minimum absolute atomic E-state index is 0.0844. The monoisotopic (exact) mass is 430 g/mol. The van der Waals surface area contributed by atoms with Gasteiger partial charge in [-0.15, -0.1) is 0 Å². The van der Waals surface area contributed by atoms with Crippen LogP contribution in [0.15, 0.2) is 84.0 Å². The van der Waals surface area contributed by atoms with Gasteiger partial charge in [-0.3, -0.25) is 15.0 Å². The van der Waals surface area contributed by atoms with E-state index in [-0.39, 0.29) is 16.7 Å². The van der Waals surface area contributed by atoms with Gasteiger partial charge in [-0.05, 0) is 17.2 Å². The zero-order chi connectivity index (χ0) is 22.3. The molecule has 164 valence electrons. The summed E-state index contributed by atoms with van der Waals surface area (Å²) in [6.07, 6.45) is 1.47. The lowest BCUT2D eigenvalue weighted by Crippen LogP contribution is -2.48. The number of nitro benzene ring substituents is 1. The van der Waals surface area contributed by atoms with Crippen LogP contribution in [0.2, 0.25) is 0 Å². The molecule has 0 aromatic heterocycles. The van der Waals surface area contributed by atoms with Crippen LogP contribution in [0.1, 0.15) is 22.7 Å². The zero-order valence-corrected chi connectivity index (χ0v) is 18.0. The van der Waals surface area contributed by atoms with Crippen LogP contribution in [0, 0.1) is 10.1 Å². The molecule has 3 aromatic rings. The number of piperazine rings is 1. The van der Waals surface area contributed by atoms with Gasteiger partial charge in [0.25, 0.3) is 5.69 Å². The fourth-order valence-electron chi connectivity index (χ4n) is 4.25. The molecule has 7 nitrogen and oxygen atoms in total. The van der Waals surface area contributed by atoms with Gasteiger partial charge < -0.3 is 9.74 Å². The molecule has 1 aliphatic heterocycles. The number of hydrogen-bond donors (Lipinski definition) is 0. The lowest BCUT2D eigenvalue weighted by Gasteiger charge is -2.40. The molecule has 0 saturated carbocycles. The second kappa shape index (κ2) is 10.1. The highest BCUT2D eigenvalue weighted by molar-refractivity contribution is 5.83. The van der Waals surface area contributed by atoms with Crippen molar-refractivity contribution in [3.63, 3.8) is 0 Å². The zero-order valence-electron chi connectivity index (χ0n) is 18.0. The predicted molar refractivity (Wildman–Crippen MR) is 126 cm³/mol. The van der Waals surface area contributed by atoms with E-state index in [0.29, 0.717) is 24.3 Å².